The second-order valence-electron chi connectivity index (χ2n) is 2.47. The smallest absolute Gasteiger partial charge is 0.323 e. The first-order valence-corrected chi connectivity index (χ1v) is 3.81. The van der Waals surface area contributed by atoms with E-state index < -0.39 is 12.0 Å². The maximum atomic E-state index is 11.0. The molecule has 0 rings (SSSR count). The van der Waals surface area contributed by atoms with Crippen molar-refractivity contribution in [1.82, 2.24) is 0 Å². The summed E-state index contributed by atoms with van der Waals surface area (Å²) in [5.41, 5.74) is 16.3. The number of hydrogen-bond acceptors (Lipinski definition) is 5. The molecule has 0 amide bonds. The molecule has 74 valence electrons. The minimum absolute atomic E-state index is 0.152. The number of ether oxygens (including phenoxy) is 1. The Morgan fingerprint density at radius 3 is 2.69 bits per heavy atom. The van der Waals surface area contributed by atoms with Crippen molar-refractivity contribution in [2.45, 2.75) is 12.5 Å². The summed E-state index contributed by atoms with van der Waals surface area (Å²) in [6.45, 7) is 3.55. The molecule has 6 N–H and O–H groups in total. The van der Waals surface area contributed by atoms with Crippen LogP contribution >= 0.6 is 0 Å². The fourth-order valence-corrected chi connectivity index (χ4v) is 0.653. The van der Waals surface area contributed by atoms with Crippen molar-refractivity contribution in [2.75, 3.05) is 6.61 Å². The highest BCUT2D eigenvalue weighted by molar-refractivity contribution is 5.75. The van der Waals surface area contributed by atoms with Gasteiger partial charge in [-0.25, -0.2) is 0 Å². The van der Waals surface area contributed by atoms with Gasteiger partial charge in [0, 0.05) is 18.3 Å². The molecular weight excluding hydrogens is 170 g/mol. The van der Waals surface area contributed by atoms with Gasteiger partial charge in [0.25, 0.3) is 0 Å². The summed E-state index contributed by atoms with van der Waals surface area (Å²) < 4.78 is 4.69. The molecule has 0 unspecified atom stereocenters. The van der Waals surface area contributed by atoms with E-state index in [9.17, 15) is 4.79 Å². The van der Waals surface area contributed by atoms with Gasteiger partial charge in [-0.1, -0.05) is 12.7 Å². The fraction of sp³-hybridized carbons (Fsp3) is 0.375. The Hall–Kier alpha value is -1.49. The summed E-state index contributed by atoms with van der Waals surface area (Å²) in [7, 11) is 0. The molecule has 0 heterocycles. The maximum Gasteiger partial charge on any atom is 0.323 e. The topological polar surface area (TPSA) is 104 Å². The second-order valence-corrected chi connectivity index (χ2v) is 2.47. The number of rotatable bonds is 5. The third-order valence-corrected chi connectivity index (χ3v) is 1.32. The predicted molar refractivity (Wildman–Crippen MR) is 50.2 cm³/mol. The highest BCUT2D eigenvalue weighted by Gasteiger charge is 2.14. The van der Waals surface area contributed by atoms with Gasteiger partial charge >= 0.3 is 5.97 Å². The van der Waals surface area contributed by atoms with E-state index in [4.69, 9.17) is 21.9 Å². The van der Waals surface area contributed by atoms with Crippen molar-refractivity contribution < 1.29 is 9.53 Å². The van der Waals surface area contributed by atoms with Gasteiger partial charge in [0.15, 0.2) is 0 Å². The van der Waals surface area contributed by atoms with Gasteiger partial charge in [-0.05, 0) is 0 Å². The molecule has 0 aromatic rings. The zero-order chi connectivity index (χ0) is 10.3. The van der Waals surface area contributed by atoms with Gasteiger partial charge in [-0.2, -0.15) is 0 Å². The molecule has 0 aromatic heterocycles. The molecule has 0 aliphatic heterocycles. The molecule has 1 atom stereocenters. The van der Waals surface area contributed by atoms with E-state index >= 15 is 0 Å². The molecular formula is C8H15N3O2. The minimum Gasteiger partial charge on any atom is -0.460 e. The Kier molecular flexibility index (Phi) is 5.38. The Morgan fingerprint density at radius 1 is 1.62 bits per heavy atom. The van der Waals surface area contributed by atoms with Gasteiger partial charge in [0.05, 0.1) is 0 Å². The van der Waals surface area contributed by atoms with Crippen molar-refractivity contribution in [3.8, 4) is 0 Å². The summed E-state index contributed by atoms with van der Waals surface area (Å²) in [5.74, 6) is -0.510. The summed E-state index contributed by atoms with van der Waals surface area (Å²) >= 11 is 0. The molecule has 5 heteroatoms. The summed E-state index contributed by atoms with van der Waals surface area (Å²) in [5, 5.41) is 0. The Bertz CT molecular complexity index is 213. The van der Waals surface area contributed by atoms with Crippen LogP contribution in [0.25, 0.3) is 0 Å². The van der Waals surface area contributed by atoms with E-state index in [1.165, 1.54) is 12.3 Å². The van der Waals surface area contributed by atoms with E-state index in [0.717, 1.165) is 0 Å². The van der Waals surface area contributed by atoms with Crippen LogP contribution in [-0.2, 0) is 9.53 Å². The quantitative estimate of drug-likeness (QED) is 0.384. The van der Waals surface area contributed by atoms with Crippen LogP contribution in [0.5, 0.6) is 0 Å². The maximum absolute atomic E-state index is 11.0. The summed E-state index contributed by atoms with van der Waals surface area (Å²) in [6, 6.07) is -0.764. The molecule has 0 spiro atoms. The van der Waals surface area contributed by atoms with Gasteiger partial charge in [-0.15, -0.1) is 0 Å². The molecule has 0 aliphatic rings. The molecule has 0 aromatic carbocycles. The molecule has 0 saturated carbocycles. The van der Waals surface area contributed by atoms with Gasteiger partial charge < -0.3 is 21.9 Å². The van der Waals surface area contributed by atoms with Crippen LogP contribution < -0.4 is 17.2 Å². The number of nitrogens with two attached hydrogens (primary N) is 3. The third kappa shape index (κ3) is 4.86. The summed E-state index contributed by atoms with van der Waals surface area (Å²) in [4.78, 5) is 11.0. The number of hydrogen-bond donors (Lipinski definition) is 3. The second kappa shape index (κ2) is 6.07. The van der Waals surface area contributed by atoms with E-state index in [-0.39, 0.29) is 13.0 Å². The van der Waals surface area contributed by atoms with Crippen molar-refractivity contribution in [3.05, 3.63) is 24.6 Å². The first-order valence-electron chi connectivity index (χ1n) is 3.81. The fourth-order valence-electron chi connectivity index (χ4n) is 0.653. The van der Waals surface area contributed by atoms with Crippen LogP contribution in [-0.4, -0.2) is 18.6 Å². The largest absolute Gasteiger partial charge is 0.460 e. The van der Waals surface area contributed by atoms with E-state index in [1.807, 2.05) is 0 Å². The normalized spacial score (nSPS) is 13.5. The highest BCUT2D eigenvalue weighted by Crippen LogP contribution is 1.97. The van der Waals surface area contributed by atoms with Crippen molar-refractivity contribution in [3.63, 3.8) is 0 Å². The Balaban J connectivity index is 3.88. The number of carbonyl (C=O) groups excluding carboxylic acids is 1. The highest BCUT2D eigenvalue weighted by atomic mass is 16.5. The zero-order valence-electron chi connectivity index (χ0n) is 7.40. The van der Waals surface area contributed by atoms with Gasteiger partial charge in [-0.3, -0.25) is 4.79 Å². The van der Waals surface area contributed by atoms with Crippen LogP contribution in [0.3, 0.4) is 0 Å². The average molecular weight is 185 g/mol. The molecule has 0 bridgehead atoms. The summed E-state index contributed by atoms with van der Waals surface area (Å²) in [6.07, 6.45) is 2.87. The SMILES string of the molecule is C=CCOC(=O)[C@@H](N)C/C(N)=C/N. The van der Waals surface area contributed by atoms with Gasteiger partial charge in [0.1, 0.15) is 12.6 Å². The first-order chi connectivity index (χ1) is 6.11. The van der Waals surface area contributed by atoms with Crippen LogP contribution in [0.4, 0.5) is 0 Å². The van der Waals surface area contributed by atoms with Crippen molar-refractivity contribution >= 4 is 5.97 Å². The van der Waals surface area contributed by atoms with Gasteiger partial charge in [0.2, 0.25) is 0 Å². The standard InChI is InChI=1S/C8H15N3O2/c1-2-3-13-8(12)7(11)4-6(10)5-9/h2,5,7H,1,3-4,9-11H2/b6-5-/t7-/m0/s1. The van der Waals surface area contributed by atoms with Crippen molar-refractivity contribution in [1.29, 1.82) is 0 Å². The monoisotopic (exact) mass is 185 g/mol. The molecule has 0 radical (unpaired) electrons. The lowest BCUT2D eigenvalue weighted by atomic mass is 10.2. The van der Waals surface area contributed by atoms with Crippen LogP contribution in [0, 0.1) is 0 Å². The van der Waals surface area contributed by atoms with Crippen LogP contribution in [0.15, 0.2) is 24.6 Å². The van der Waals surface area contributed by atoms with E-state index in [0.29, 0.717) is 5.70 Å². The minimum atomic E-state index is -0.764. The molecule has 13 heavy (non-hydrogen) atoms. The van der Waals surface area contributed by atoms with Crippen LogP contribution in [0.2, 0.25) is 0 Å². The molecule has 0 aliphatic carbocycles. The Morgan fingerprint density at radius 2 is 2.23 bits per heavy atom. The lowest BCUT2D eigenvalue weighted by Gasteiger charge is -2.09. The van der Waals surface area contributed by atoms with E-state index in [1.54, 1.807) is 0 Å². The molecule has 0 saturated heterocycles. The number of carbonyl (C=O) groups is 1. The lowest BCUT2D eigenvalue weighted by molar-refractivity contribution is -0.143. The third-order valence-electron chi connectivity index (χ3n) is 1.32. The number of esters is 1. The predicted octanol–water partition coefficient (Wildman–Crippen LogP) is -0.808. The molecule has 0 fully saturated rings. The van der Waals surface area contributed by atoms with E-state index in [2.05, 4.69) is 6.58 Å². The van der Waals surface area contributed by atoms with Crippen molar-refractivity contribution in [2.24, 2.45) is 17.2 Å². The lowest BCUT2D eigenvalue weighted by Crippen LogP contribution is -2.33. The average Bonchev–Trinajstić information content (AvgIpc) is 2.13. The Labute approximate surface area is 77.2 Å². The van der Waals surface area contributed by atoms with Crippen LogP contribution in [0.1, 0.15) is 6.42 Å². The molecule has 5 nitrogen and oxygen atoms in total. The first kappa shape index (κ1) is 11.5. The zero-order valence-corrected chi connectivity index (χ0v) is 7.40.